The first-order valence-electron chi connectivity index (χ1n) is 12.5. The molecular weight excluding hydrogens is 464 g/mol. The number of allylic oxidation sites excluding steroid dienone is 1. The molecule has 3 rings (SSSR count). The lowest BCUT2D eigenvalue weighted by Gasteiger charge is -2.35. The van der Waals surface area contributed by atoms with Crippen LogP contribution in [0.25, 0.3) is 11.3 Å². The number of aldehydes is 1. The Morgan fingerprint density at radius 3 is 2.74 bits per heavy atom. The number of carbonyl (C=O) groups is 2. The number of aryl methyl sites for hydroxylation is 1. The maximum atomic E-state index is 13.0. The van der Waals surface area contributed by atoms with Crippen molar-refractivity contribution in [3.8, 4) is 11.3 Å². The van der Waals surface area contributed by atoms with Gasteiger partial charge >= 0.3 is 0 Å². The summed E-state index contributed by atoms with van der Waals surface area (Å²) in [5.41, 5.74) is 7.36. The first kappa shape index (κ1) is 26.8. The second-order valence-electron chi connectivity index (χ2n) is 8.85. The molecule has 3 N–H and O–H groups in total. The maximum absolute atomic E-state index is 13.0. The van der Waals surface area contributed by atoms with Crippen LogP contribution in [-0.2, 0) is 16.6 Å². The predicted octanol–water partition coefficient (Wildman–Crippen LogP) is 3.71. The van der Waals surface area contributed by atoms with E-state index in [4.69, 9.17) is 22.3 Å². The van der Waals surface area contributed by atoms with Crippen molar-refractivity contribution >= 4 is 29.7 Å². The lowest BCUT2D eigenvalue weighted by molar-refractivity contribution is -0.125. The van der Waals surface area contributed by atoms with Gasteiger partial charge in [0.2, 0.25) is 11.9 Å². The van der Waals surface area contributed by atoms with Crippen molar-refractivity contribution in [1.82, 2.24) is 19.8 Å². The first-order chi connectivity index (χ1) is 17.0. The number of aromatic nitrogens is 2. The average molecular weight is 501 g/mol. The molecule has 8 nitrogen and oxygen atoms in total. The van der Waals surface area contributed by atoms with Crippen LogP contribution in [0.5, 0.6) is 0 Å². The van der Waals surface area contributed by atoms with Gasteiger partial charge in [-0.25, -0.2) is 4.98 Å². The Bertz CT molecular complexity index is 1000. The smallest absolute Gasteiger partial charge is 0.242 e. The highest BCUT2D eigenvalue weighted by molar-refractivity contribution is 6.30. The minimum absolute atomic E-state index is 0.0250. The Kier molecular flexibility index (Phi) is 10.2. The minimum atomic E-state index is -0.330. The Balaban J connectivity index is 1.94. The van der Waals surface area contributed by atoms with Gasteiger partial charge in [0.15, 0.2) is 0 Å². The molecule has 1 aliphatic heterocycles. The molecule has 2 aromatic rings. The van der Waals surface area contributed by atoms with E-state index in [2.05, 4.69) is 22.0 Å². The van der Waals surface area contributed by atoms with Crippen LogP contribution in [0.2, 0.25) is 5.02 Å². The lowest BCUT2D eigenvalue weighted by Crippen LogP contribution is -2.47. The fourth-order valence-electron chi connectivity index (χ4n) is 4.45. The number of hydrogen-bond donors (Lipinski definition) is 2. The largest absolute Gasteiger partial charge is 0.354 e. The number of nitrogens with zero attached hydrogens (tertiary/aromatic N) is 4. The molecule has 190 valence electrons. The fraction of sp³-hybridized carbons (Fsp3) is 0.500. The third-order valence-electron chi connectivity index (χ3n) is 6.24. The number of benzene rings is 1. The van der Waals surface area contributed by atoms with E-state index in [1.807, 2.05) is 42.1 Å². The van der Waals surface area contributed by atoms with E-state index in [0.29, 0.717) is 37.0 Å². The van der Waals surface area contributed by atoms with Crippen molar-refractivity contribution in [3.05, 3.63) is 47.4 Å². The van der Waals surface area contributed by atoms with Gasteiger partial charge in [-0.1, -0.05) is 43.5 Å². The topological polar surface area (TPSA) is 96.5 Å². The Morgan fingerprint density at radius 1 is 1.29 bits per heavy atom. The van der Waals surface area contributed by atoms with E-state index in [1.165, 1.54) is 0 Å². The van der Waals surface area contributed by atoms with E-state index in [0.717, 1.165) is 62.0 Å². The predicted molar refractivity (Wildman–Crippen MR) is 141 cm³/mol. The van der Waals surface area contributed by atoms with Crippen molar-refractivity contribution in [1.29, 1.82) is 0 Å². The van der Waals surface area contributed by atoms with Gasteiger partial charge in [-0.05, 0) is 44.4 Å². The van der Waals surface area contributed by atoms with Crippen LogP contribution in [0.15, 0.2) is 42.4 Å². The summed E-state index contributed by atoms with van der Waals surface area (Å²) in [4.78, 5) is 33.8. The minimum Gasteiger partial charge on any atom is -0.354 e. The van der Waals surface area contributed by atoms with Crippen LogP contribution >= 0.6 is 11.6 Å². The van der Waals surface area contributed by atoms with Crippen molar-refractivity contribution in [2.24, 2.45) is 12.8 Å². The van der Waals surface area contributed by atoms with Crippen LogP contribution in [0.4, 0.5) is 5.95 Å². The van der Waals surface area contributed by atoms with Crippen molar-refractivity contribution in [3.63, 3.8) is 0 Å². The molecule has 1 amide bonds. The molecule has 1 aromatic carbocycles. The number of rotatable bonds is 13. The number of carbonyl (C=O) groups excluding carboxylic acids is 2. The van der Waals surface area contributed by atoms with Gasteiger partial charge in [0, 0.05) is 49.5 Å². The number of hydrogen-bond acceptors (Lipinski definition) is 6. The molecule has 1 saturated heterocycles. The van der Waals surface area contributed by atoms with Crippen LogP contribution in [-0.4, -0.2) is 58.9 Å². The van der Waals surface area contributed by atoms with E-state index < -0.39 is 0 Å². The molecule has 0 saturated carbocycles. The number of nitrogens with two attached hydrogens (primary N) is 1. The van der Waals surface area contributed by atoms with E-state index in [-0.39, 0.29) is 11.9 Å². The summed E-state index contributed by atoms with van der Waals surface area (Å²) in [5, 5.41) is 3.67. The quantitative estimate of drug-likeness (QED) is 0.247. The van der Waals surface area contributed by atoms with E-state index in [1.54, 1.807) is 6.08 Å². The van der Waals surface area contributed by atoms with Gasteiger partial charge in [0.05, 0.1) is 5.69 Å². The van der Waals surface area contributed by atoms with Crippen LogP contribution in [0.3, 0.4) is 0 Å². The standard InChI is InChI=1S/C26H37ClN6O2/c1-3-4-5-16-33(26-30-22(19-31(26)2)20-9-11-21(27)12-10-20)24(13-18-34)32-17-6-8-23(32)25(35)29-15-7-14-28/h9-13,18-19,23H,3-8,14-17,28H2,1-2H3,(H,29,35)/b24-13-. The zero-order chi connectivity index (χ0) is 25.2. The SMILES string of the molecule is CCCCCN(/C(=C\C=O)N1CCCC1C(=O)NCCCN)c1nc(-c2ccc(Cl)cc2)cn1C. The summed E-state index contributed by atoms with van der Waals surface area (Å²) < 4.78 is 1.97. The zero-order valence-electron chi connectivity index (χ0n) is 20.8. The Hall–Kier alpha value is -2.84. The molecular formula is C26H37ClN6O2. The lowest BCUT2D eigenvalue weighted by atomic mass is 10.2. The molecule has 1 atom stereocenters. The third-order valence-corrected chi connectivity index (χ3v) is 6.49. The van der Waals surface area contributed by atoms with Crippen molar-refractivity contribution in [2.75, 3.05) is 31.1 Å². The molecule has 1 aromatic heterocycles. The van der Waals surface area contributed by atoms with Gasteiger partial charge in [-0.3, -0.25) is 14.5 Å². The molecule has 0 bridgehead atoms. The molecule has 9 heteroatoms. The highest BCUT2D eigenvalue weighted by atomic mass is 35.5. The molecule has 35 heavy (non-hydrogen) atoms. The number of unbranched alkanes of at least 4 members (excludes halogenated alkanes) is 2. The van der Waals surface area contributed by atoms with E-state index in [9.17, 15) is 9.59 Å². The fourth-order valence-corrected chi connectivity index (χ4v) is 4.58. The number of imidazole rings is 1. The number of nitrogens with one attached hydrogen (secondary N) is 1. The van der Waals surface area contributed by atoms with Crippen LogP contribution < -0.4 is 16.0 Å². The summed E-state index contributed by atoms with van der Waals surface area (Å²) in [6.45, 7) is 4.64. The normalized spacial score (nSPS) is 15.9. The number of likely N-dealkylation sites (tertiary alicyclic amines) is 1. The average Bonchev–Trinajstić information content (AvgIpc) is 3.48. The summed E-state index contributed by atoms with van der Waals surface area (Å²) >= 11 is 6.07. The summed E-state index contributed by atoms with van der Waals surface area (Å²) in [6.07, 6.45) is 9.77. The molecule has 1 aliphatic rings. The number of anilines is 1. The molecule has 0 radical (unpaired) electrons. The van der Waals surface area contributed by atoms with E-state index >= 15 is 0 Å². The van der Waals surface area contributed by atoms with Gasteiger partial charge < -0.3 is 20.5 Å². The van der Waals surface area contributed by atoms with Crippen LogP contribution in [0.1, 0.15) is 45.4 Å². The highest BCUT2D eigenvalue weighted by Crippen LogP contribution is 2.30. The van der Waals surface area contributed by atoms with Gasteiger partial charge in [0.25, 0.3) is 0 Å². The van der Waals surface area contributed by atoms with Crippen molar-refractivity contribution < 1.29 is 9.59 Å². The second-order valence-corrected chi connectivity index (χ2v) is 9.28. The summed E-state index contributed by atoms with van der Waals surface area (Å²) in [7, 11) is 1.95. The molecule has 2 heterocycles. The zero-order valence-corrected chi connectivity index (χ0v) is 21.5. The molecule has 0 spiro atoms. The Labute approximate surface area is 213 Å². The monoisotopic (exact) mass is 500 g/mol. The summed E-state index contributed by atoms with van der Waals surface area (Å²) in [5.74, 6) is 1.42. The third kappa shape index (κ3) is 6.86. The maximum Gasteiger partial charge on any atom is 0.242 e. The number of amides is 1. The molecule has 1 unspecified atom stereocenters. The van der Waals surface area contributed by atoms with Crippen molar-refractivity contribution in [2.45, 2.75) is 51.5 Å². The summed E-state index contributed by atoms with van der Waals surface area (Å²) in [6, 6.07) is 7.25. The van der Waals surface area contributed by atoms with Gasteiger partial charge in [-0.15, -0.1) is 0 Å². The molecule has 0 aliphatic carbocycles. The van der Waals surface area contributed by atoms with Gasteiger partial charge in [0.1, 0.15) is 18.1 Å². The Morgan fingerprint density at radius 2 is 2.06 bits per heavy atom. The highest BCUT2D eigenvalue weighted by Gasteiger charge is 2.35. The molecule has 1 fully saturated rings. The first-order valence-corrected chi connectivity index (χ1v) is 12.8. The van der Waals surface area contributed by atoms with Gasteiger partial charge in [-0.2, -0.15) is 0 Å². The van der Waals surface area contributed by atoms with Crippen LogP contribution in [0, 0.1) is 0 Å². The number of halogens is 1. The second kappa shape index (κ2) is 13.3.